The van der Waals surface area contributed by atoms with E-state index in [1.54, 1.807) is 0 Å². The summed E-state index contributed by atoms with van der Waals surface area (Å²) in [4.78, 5) is 14.1. The lowest BCUT2D eigenvalue weighted by Crippen LogP contribution is -2.25. The zero-order valence-electron chi connectivity index (χ0n) is 7.26. The van der Waals surface area contributed by atoms with E-state index in [-0.39, 0.29) is 5.91 Å². The Labute approximate surface area is 72.2 Å². The maximum atomic E-state index is 11.1. The minimum Gasteiger partial charge on any atom is -0.365 e. The molecular formula is C9H14N2O. The second-order valence-corrected chi connectivity index (χ2v) is 2.72. The number of hydrogen-bond donors (Lipinski definition) is 2. The van der Waals surface area contributed by atoms with Crippen molar-refractivity contribution in [2.24, 2.45) is 0 Å². The van der Waals surface area contributed by atoms with Gasteiger partial charge in [-0.2, -0.15) is 0 Å². The Morgan fingerprint density at radius 2 is 2.50 bits per heavy atom. The van der Waals surface area contributed by atoms with E-state index < -0.39 is 0 Å². The smallest absolute Gasteiger partial charge is 0.225 e. The molecule has 1 heterocycles. The van der Waals surface area contributed by atoms with Crippen LogP contribution in [0.15, 0.2) is 18.3 Å². The molecule has 0 aromatic carbocycles. The van der Waals surface area contributed by atoms with Gasteiger partial charge in [0, 0.05) is 18.4 Å². The highest BCUT2D eigenvalue weighted by Crippen LogP contribution is 1.94. The largest absolute Gasteiger partial charge is 0.365 e. The molecule has 2 N–H and O–H groups in total. The lowest BCUT2D eigenvalue weighted by atomic mass is 10.3. The van der Waals surface area contributed by atoms with Crippen molar-refractivity contribution in [2.75, 3.05) is 6.54 Å². The van der Waals surface area contributed by atoms with Crippen LogP contribution in [0.2, 0.25) is 0 Å². The van der Waals surface area contributed by atoms with Crippen molar-refractivity contribution in [3.8, 4) is 0 Å². The van der Waals surface area contributed by atoms with E-state index in [0.29, 0.717) is 6.42 Å². The third-order valence-corrected chi connectivity index (χ3v) is 1.59. The molecule has 3 heteroatoms. The van der Waals surface area contributed by atoms with Gasteiger partial charge in [0.15, 0.2) is 0 Å². The van der Waals surface area contributed by atoms with Gasteiger partial charge in [-0.25, -0.2) is 0 Å². The van der Waals surface area contributed by atoms with Gasteiger partial charge in [0.05, 0.1) is 6.42 Å². The fraction of sp³-hybridized carbons (Fsp3) is 0.444. The molecule has 66 valence electrons. The quantitative estimate of drug-likeness (QED) is 0.690. The lowest BCUT2D eigenvalue weighted by Gasteiger charge is -2.00. The van der Waals surface area contributed by atoms with E-state index >= 15 is 0 Å². The van der Waals surface area contributed by atoms with Crippen LogP contribution in [0.4, 0.5) is 0 Å². The summed E-state index contributed by atoms with van der Waals surface area (Å²) in [5.74, 6) is 0.0827. The standard InChI is InChI=1S/C9H14N2O/c1-2-5-11-9(12)7-8-4-3-6-10-8/h3-4,6,10H,2,5,7H2,1H3,(H,11,12). The summed E-state index contributed by atoms with van der Waals surface area (Å²) >= 11 is 0. The summed E-state index contributed by atoms with van der Waals surface area (Å²) in [6, 6.07) is 3.80. The van der Waals surface area contributed by atoms with Crippen LogP contribution in [0.25, 0.3) is 0 Å². The van der Waals surface area contributed by atoms with Gasteiger partial charge in [0.1, 0.15) is 0 Å². The second-order valence-electron chi connectivity index (χ2n) is 2.72. The van der Waals surface area contributed by atoms with Crippen molar-refractivity contribution in [3.63, 3.8) is 0 Å². The maximum absolute atomic E-state index is 11.1. The van der Waals surface area contributed by atoms with Crippen LogP contribution in [0.3, 0.4) is 0 Å². The van der Waals surface area contributed by atoms with Crippen LogP contribution in [0.1, 0.15) is 19.0 Å². The first-order valence-corrected chi connectivity index (χ1v) is 4.22. The van der Waals surface area contributed by atoms with Crippen LogP contribution in [-0.4, -0.2) is 17.4 Å². The molecule has 0 aliphatic heterocycles. The van der Waals surface area contributed by atoms with Crippen LogP contribution in [-0.2, 0) is 11.2 Å². The van der Waals surface area contributed by atoms with Gasteiger partial charge < -0.3 is 10.3 Å². The van der Waals surface area contributed by atoms with Crippen molar-refractivity contribution < 1.29 is 4.79 Å². The summed E-state index contributed by atoms with van der Waals surface area (Å²) < 4.78 is 0. The molecule has 0 atom stereocenters. The third-order valence-electron chi connectivity index (χ3n) is 1.59. The van der Waals surface area contributed by atoms with Gasteiger partial charge in [0.25, 0.3) is 0 Å². The van der Waals surface area contributed by atoms with E-state index in [9.17, 15) is 4.79 Å². The van der Waals surface area contributed by atoms with Crippen LogP contribution in [0, 0.1) is 0 Å². The first-order valence-electron chi connectivity index (χ1n) is 4.22. The van der Waals surface area contributed by atoms with Crippen LogP contribution in [0.5, 0.6) is 0 Å². The molecule has 1 aromatic heterocycles. The minimum absolute atomic E-state index is 0.0827. The van der Waals surface area contributed by atoms with E-state index in [2.05, 4.69) is 10.3 Å². The number of rotatable bonds is 4. The zero-order valence-corrected chi connectivity index (χ0v) is 7.26. The molecule has 0 saturated heterocycles. The minimum atomic E-state index is 0.0827. The zero-order chi connectivity index (χ0) is 8.81. The van der Waals surface area contributed by atoms with Gasteiger partial charge in [-0.05, 0) is 18.6 Å². The number of amides is 1. The number of carbonyl (C=O) groups is 1. The van der Waals surface area contributed by atoms with E-state index in [1.807, 2.05) is 25.3 Å². The highest BCUT2D eigenvalue weighted by atomic mass is 16.1. The monoisotopic (exact) mass is 166 g/mol. The number of aromatic nitrogens is 1. The number of aromatic amines is 1. The summed E-state index contributed by atoms with van der Waals surface area (Å²) in [5, 5.41) is 2.81. The molecule has 12 heavy (non-hydrogen) atoms. The molecule has 0 bridgehead atoms. The summed E-state index contributed by atoms with van der Waals surface area (Å²) in [5.41, 5.74) is 0.962. The molecule has 0 saturated carbocycles. The number of carbonyl (C=O) groups excluding carboxylic acids is 1. The topological polar surface area (TPSA) is 44.9 Å². The van der Waals surface area contributed by atoms with Crippen LogP contribution >= 0.6 is 0 Å². The Bertz CT molecular complexity index is 229. The average molecular weight is 166 g/mol. The van der Waals surface area contributed by atoms with E-state index in [4.69, 9.17) is 0 Å². The molecule has 1 amide bonds. The Balaban J connectivity index is 2.27. The molecule has 0 aliphatic carbocycles. The van der Waals surface area contributed by atoms with Crippen molar-refractivity contribution >= 4 is 5.91 Å². The van der Waals surface area contributed by atoms with Gasteiger partial charge in [0.2, 0.25) is 5.91 Å². The maximum Gasteiger partial charge on any atom is 0.225 e. The highest BCUT2D eigenvalue weighted by molar-refractivity contribution is 5.78. The average Bonchev–Trinajstić information content (AvgIpc) is 2.53. The first kappa shape index (κ1) is 8.84. The molecule has 3 nitrogen and oxygen atoms in total. The summed E-state index contributed by atoms with van der Waals surface area (Å²) in [6.45, 7) is 2.80. The molecule has 0 aliphatic rings. The van der Waals surface area contributed by atoms with Crippen molar-refractivity contribution in [3.05, 3.63) is 24.0 Å². The number of nitrogens with one attached hydrogen (secondary N) is 2. The molecule has 0 fully saturated rings. The van der Waals surface area contributed by atoms with Crippen molar-refractivity contribution in [1.29, 1.82) is 0 Å². The van der Waals surface area contributed by atoms with Gasteiger partial charge >= 0.3 is 0 Å². The highest BCUT2D eigenvalue weighted by Gasteiger charge is 2.01. The number of hydrogen-bond acceptors (Lipinski definition) is 1. The van der Waals surface area contributed by atoms with Gasteiger partial charge in [-0.3, -0.25) is 4.79 Å². The number of H-pyrrole nitrogens is 1. The molecule has 0 unspecified atom stereocenters. The second kappa shape index (κ2) is 4.59. The fourth-order valence-corrected chi connectivity index (χ4v) is 0.977. The van der Waals surface area contributed by atoms with Crippen molar-refractivity contribution in [1.82, 2.24) is 10.3 Å². The Kier molecular flexibility index (Phi) is 3.38. The molecule has 0 spiro atoms. The first-order chi connectivity index (χ1) is 5.83. The SMILES string of the molecule is CCCNC(=O)Cc1ccc[nH]1. The Morgan fingerprint density at radius 3 is 3.08 bits per heavy atom. The van der Waals surface area contributed by atoms with Crippen molar-refractivity contribution in [2.45, 2.75) is 19.8 Å². The summed E-state index contributed by atoms with van der Waals surface area (Å²) in [7, 11) is 0. The predicted octanol–water partition coefficient (Wildman–Crippen LogP) is 1.08. The molecule has 1 aromatic rings. The summed E-state index contributed by atoms with van der Waals surface area (Å²) in [6.07, 6.45) is 3.26. The molecule has 0 radical (unpaired) electrons. The lowest BCUT2D eigenvalue weighted by molar-refractivity contribution is -0.120. The normalized spacial score (nSPS) is 9.75. The molecule has 1 rings (SSSR count). The molecular weight excluding hydrogens is 152 g/mol. The van der Waals surface area contributed by atoms with E-state index in [1.165, 1.54) is 0 Å². The Morgan fingerprint density at radius 1 is 1.67 bits per heavy atom. The van der Waals surface area contributed by atoms with Crippen LogP contribution < -0.4 is 5.32 Å². The third kappa shape index (κ3) is 2.78. The van der Waals surface area contributed by atoms with E-state index in [0.717, 1.165) is 18.7 Å². The van der Waals surface area contributed by atoms with Gasteiger partial charge in [-0.1, -0.05) is 6.92 Å². The fourth-order valence-electron chi connectivity index (χ4n) is 0.977. The Hall–Kier alpha value is -1.25. The predicted molar refractivity (Wildman–Crippen MR) is 47.8 cm³/mol. The van der Waals surface area contributed by atoms with Gasteiger partial charge in [-0.15, -0.1) is 0 Å².